The second-order valence-corrected chi connectivity index (χ2v) is 2.70. The van der Waals surface area contributed by atoms with Gasteiger partial charge in [0.2, 0.25) is 0 Å². The first-order valence-corrected chi connectivity index (χ1v) is 4.02. The Morgan fingerprint density at radius 3 is 3.00 bits per heavy atom. The number of nitrogens with zero attached hydrogens (tertiary/aromatic N) is 1. The van der Waals surface area contributed by atoms with Gasteiger partial charge >= 0.3 is 0 Å². The molecule has 13 heavy (non-hydrogen) atoms. The van der Waals surface area contributed by atoms with Crippen molar-refractivity contribution in [3.05, 3.63) is 25.0 Å². The van der Waals surface area contributed by atoms with Gasteiger partial charge in [0.05, 0.1) is 6.54 Å². The molecule has 0 N–H and O–H groups in total. The minimum Gasteiger partial charge on any atom is -0.454 e. The van der Waals surface area contributed by atoms with Gasteiger partial charge in [0.15, 0.2) is 0 Å². The molecular weight excluding hydrogens is 166 g/mol. The highest BCUT2D eigenvalue weighted by Crippen LogP contribution is 2.16. The van der Waals surface area contributed by atoms with Crippen LogP contribution < -0.4 is 0 Å². The zero-order chi connectivity index (χ0) is 9.68. The Morgan fingerprint density at radius 2 is 2.54 bits per heavy atom. The molecule has 1 atom stereocenters. The van der Waals surface area contributed by atoms with Crippen LogP contribution in [0, 0.1) is 12.3 Å². The van der Waals surface area contributed by atoms with Crippen LogP contribution in [0.25, 0.3) is 0 Å². The Labute approximate surface area is 78.6 Å². The summed E-state index contributed by atoms with van der Waals surface area (Å²) in [7, 11) is 0. The second-order valence-electron chi connectivity index (χ2n) is 2.70. The van der Waals surface area contributed by atoms with Gasteiger partial charge < -0.3 is 9.47 Å². The monoisotopic (exact) mass is 179 g/mol. The fourth-order valence-electron chi connectivity index (χ4n) is 1.06. The van der Waals surface area contributed by atoms with Crippen LogP contribution >= 0.6 is 0 Å². The van der Waals surface area contributed by atoms with E-state index in [2.05, 4.69) is 19.1 Å². The van der Waals surface area contributed by atoms with Crippen molar-refractivity contribution in [1.82, 2.24) is 4.90 Å². The van der Waals surface area contributed by atoms with Gasteiger partial charge in [-0.2, -0.15) is 0 Å². The van der Waals surface area contributed by atoms with Gasteiger partial charge in [-0.05, 0) is 0 Å². The van der Waals surface area contributed by atoms with Crippen molar-refractivity contribution in [1.29, 1.82) is 0 Å². The summed E-state index contributed by atoms with van der Waals surface area (Å²) >= 11 is 0. The molecule has 3 nitrogen and oxygen atoms in total. The van der Waals surface area contributed by atoms with Crippen LogP contribution in [-0.2, 0) is 9.47 Å². The summed E-state index contributed by atoms with van der Waals surface area (Å²) in [6.45, 7) is 8.84. The Kier molecular flexibility index (Phi) is 3.56. The van der Waals surface area contributed by atoms with E-state index in [0.717, 1.165) is 0 Å². The van der Waals surface area contributed by atoms with E-state index in [0.29, 0.717) is 25.5 Å². The molecule has 1 fully saturated rings. The zero-order valence-electron chi connectivity index (χ0n) is 7.53. The van der Waals surface area contributed by atoms with Crippen LogP contribution in [0.3, 0.4) is 0 Å². The van der Waals surface area contributed by atoms with E-state index in [-0.39, 0.29) is 0 Å². The predicted octanol–water partition coefficient (Wildman–Crippen LogP) is 0.952. The lowest BCUT2D eigenvalue weighted by atomic mass is 10.5. The standard InChI is InChI=1S/C10H13NO2/c1-4-6-11(7-5-2)10-12-8-9(3)13-10/h1,5,10H,2-3,6-8H2. The Morgan fingerprint density at radius 1 is 1.77 bits per heavy atom. The molecule has 1 saturated heterocycles. The molecule has 0 amide bonds. The third kappa shape index (κ3) is 2.62. The summed E-state index contributed by atoms with van der Waals surface area (Å²) in [5.74, 6) is 3.17. The fourth-order valence-corrected chi connectivity index (χ4v) is 1.06. The number of ether oxygens (including phenoxy) is 2. The average Bonchev–Trinajstić information content (AvgIpc) is 2.51. The van der Waals surface area contributed by atoms with E-state index >= 15 is 0 Å². The maximum absolute atomic E-state index is 5.29. The molecule has 3 heteroatoms. The fraction of sp³-hybridized carbons (Fsp3) is 0.400. The molecule has 1 unspecified atom stereocenters. The van der Waals surface area contributed by atoms with Crippen LogP contribution in [0.1, 0.15) is 0 Å². The summed E-state index contributed by atoms with van der Waals surface area (Å²) in [5, 5.41) is 0. The molecule has 1 rings (SSSR count). The smallest absolute Gasteiger partial charge is 0.263 e. The molecule has 0 aromatic rings. The molecule has 1 aliphatic rings. The second kappa shape index (κ2) is 4.70. The van der Waals surface area contributed by atoms with Crippen LogP contribution in [0.15, 0.2) is 25.0 Å². The number of terminal acetylenes is 1. The first-order chi connectivity index (χ1) is 6.27. The topological polar surface area (TPSA) is 21.7 Å². The maximum atomic E-state index is 5.29. The van der Waals surface area contributed by atoms with Crippen molar-refractivity contribution in [3.63, 3.8) is 0 Å². The highest BCUT2D eigenvalue weighted by atomic mass is 16.7. The number of hydrogen-bond acceptors (Lipinski definition) is 3. The molecule has 0 saturated carbocycles. The van der Waals surface area contributed by atoms with Gasteiger partial charge in [0.1, 0.15) is 12.4 Å². The quantitative estimate of drug-likeness (QED) is 0.474. The minimum atomic E-state index is -0.401. The molecule has 0 spiro atoms. The van der Waals surface area contributed by atoms with Crippen molar-refractivity contribution in [2.75, 3.05) is 19.7 Å². The summed E-state index contributed by atoms with van der Waals surface area (Å²) < 4.78 is 10.6. The Hall–Kier alpha value is -1.24. The van der Waals surface area contributed by atoms with E-state index in [9.17, 15) is 0 Å². The van der Waals surface area contributed by atoms with Crippen molar-refractivity contribution >= 4 is 0 Å². The van der Waals surface area contributed by atoms with Crippen LogP contribution in [0.2, 0.25) is 0 Å². The normalized spacial score (nSPS) is 21.2. The third-order valence-corrected chi connectivity index (χ3v) is 1.61. The van der Waals surface area contributed by atoms with Crippen molar-refractivity contribution in [2.24, 2.45) is 0 Å². The lowest BCUT2D eigenvalue weighted by Gasteiger charge is -2.22. The average molecular weight is 179 g/mol. The largest absolute Gasteiger partial charge is 0.454 e. The summed E-state index contributed by atoms with van der Waals surface area (Å²) in [6, 6.07) is 0. The van der Waals surface area contributed by atoms with E-state index < -0.39 is 6.41 Å². The maximum Gasteiger partial charge on any atom is 0.263 e. The van der Waals surface area contributed by atoms with Gasteiger partial charge in [-0.15, -0.1) is 13.0 Å². The lowest BCUT2D eigenvalue weighted by Crippen LogP contribution is -2.36. The van der Waals surface area contributed by atoms with Gasteiger partial charge in [0.25, 0.3) is 6.41 Å². The highest BCUT2D eigenvalue weighted by Gasteiger charge is 2.25. The van der Waals surface area contributed by atoms with Crippen molar-refractivity contribution < 1.29 is 9.47 Å². The molecule has 0 aromatic heterocycles. The molecule has 70 valence electrons. The zero-order valence-corrected chi connectivity index (χ0v) is 7.53. The van der Waals surface area contributed by atoms with Crippen LogP contribution in [0.5, 0.6) is 0 Å². The Balaban J connectivity index is 2.49. The SMILES string of the molecule is C#CCN(CC=C)C1OCC(=C)O1. The first-order valence-electron chi connectivity index (χ1n) is 4.02. The van der Waals surface area contributed by atoms with Crippen molar-refractivity contribution in [3.8, 4) is 12.3 Å². The van der Waals surface area contributed by atoms with Crippen molar-refractivity contribution in [2.45, 2.75) is 6.41 Å². The molecule has 1 heterocycles. The molecule has 0 radical (unpaired) electrons. The molecule has 1 aliphatic heterocycles. The summed E-state index contributed by atoms with van der Waals surface area (Å²) in [5.41, 5.74) is 0. The molecule has 0 aliphatic carbocycles. The van der Waals surface area contributed by atoms with E-state index in [1.54, 1.807) is 6.08 Å². The van der Waals surface area contributed by atoms with Crippen LogP contribution in [-0.4, -0.2) is 31.0 Å². The summed E-state index contributed by atoms with van der Waals surface area (Å²) in [6.07, 6.45) is 6.56. The van der Waals surface area contributed by atoms with Gasteiger partial charge in [-0.25, -0.2) is 4.90 Å². The van der Waals surface area contributed by atoms with Crippen LogP contribution in [0.4, 0.5) is 0 Å². The number of rotatable bonds is 4. The van der Waals surface area contributed by atoms with E-state index in [1.165, 1.54) is 0 Å². The summed E-state index contributed by atoms with van der Waals surface area (Å²) in [4.78, 5) is 1.85. The molecule has 0 bridgehead atoms. The minimum absolute atomic E-state index is 0.401. The highest BCUT2D eigenvalue weighted by molar-refractivity contribution is 4.93. The first kappa shape index (κ1) is 9.85. The van der Waals surface area contributed by atoms with Gasteiger partial charge in [-0.3, -0.25) is 0 Å². The van der Waals surface area contributed by atoms with Gasteiger partial charge in [0, 0.05) is 6.54 Å². The third-order valence-electron chi connectivity index (χ3n) is 1.61. The number of hydrogen-bond donors (Lipinski definition) is 0. The lowest BCUT2D eigenvalue weighted by molar-refractivity contribution is -0.135. The van der Waals surface area contributed by atoms with Gasteiger partial charge in [-0.1, -0.05) is 18.6 Å². The Bertz CT molecular complexity index is 242. The molecule has 0 aromatic carbocycles. The molecular formula is C10H13NO2. The predicted molar refractivity (Wildman–Crippen MR) is 50.6 cm³/mol. The van der Waals surface area contributed by atoms with E-state index in [1.807, 2.05) is 4.90 Å². The van der Waals surface area contributed by atoms with E-state index in [4.69, 9.17) is 15.9 Å².